The third kappa shape index (κ3) is 2.27. The van der Waals surface area contributed by atoms with Gasteiger partial charge in [0.15, 0.2) is 5.69 Å². The molecule has 1 N–H and O–H groups in total. The monoisotopic (exact) mass is 281 g/mol. The first kappa shape index (κ1) is 10.8. The van der Waals surface area contributed by atoms with Crippen molar-refractivity contribution in [2.24, 2.45) is 0 Å². The van der Waals surface area contributed by atoms with E-state index in [1.54, 1.807) is 0 Å². The van der Waals surface area contributed by atoms with Gasteiger partial charge in [-0.2, -0.15) is 0 Å². The summed E-state index contributed by atoms with van der Waals surface area (Å²) < 4.78 is 5.17. The zero-order valence-electron chi connectivity index (χ0n) is 8.40. The number of aryl methyl sites for hydroxylation is 1. The minimum Gasteiger partial charge on any atom is -0.319 e. The molecule has 82 valence electrons. The predicted octanol–water partition coefficient (Wildman–Crippen LogP) is 2.39. The van der Waals surface area contributed by atoms with E-state index in [-0.39, 0.29) is 11.6 Å². The van der Waals surface area contributed by atoms with E-state index in [1.807, 2.05) is 25.1 Å². The van der Waals surface area contributed by atoms with Crippen LogP contribution in [-0.2, 0) is 0 Å². The van der Waals surface area contributed by atoms with Crippen LogP contribution in [0.2, 0.25) is 0 Å². The lowest BCUT2D eigenvalue weighted by Crippen LogP contribution is -2.12. The summed E-state index contributed by atoms with van der Waals surface area (Å²) in [5.41, 5.74) is 1.93. The van der Waals surface area contributed by atoms with Gasteiger partial charge in [-0.25, -0.2) is 4.63 Å². The number of halogens is 1. The fraction of sp³-hybridized carbons (Fsp3) is 0.100. The zero-order chi connectivity index (χ0) is 11.5. The molecule has 0 atom stereocenters. The Morgan fingerprint density at radius 1 is 1.50 bits per heavy atom. The summed E-state index contributed by atoms with van der Waals surface area (Å²) in [6.45, 7) is 1.97. The Morgan fingerprint density at radius 3 is 2.94 bits per heavy atom. The van der Waals surface area contributed by atoms with Crippen molar-refractivity contribution in [3.8, 4) is 0 Å². The molecule has 0 radical (unpaired) electrons. The van der Waals surface area contributed by atoms with Gasteiger partial charge in [-0.05, 0) is 45.7 Å². The molecule has 1 heterocycles. The van der Waals surface area contributed by atoms with Crippen LogP contribution in [0.4, 0.5) is 5.69 Å². The first-order valence-electron chi connectivity index (χ1n) is 4.52. The highest BCUT2D eigenvalue weighted by Gasteiger charge is 2.11. The molecule has 1 amide bonds. The van der Waals surface area contributed by atoms with Gasteiger partial charge in [0.25, 0.3) is 5.91 Å². The van der Waals surface area contributed by atoms with E-state index >= 15 is 0 Å². The molecule has 0 aliphatic heterocycles. The summed E-state index contributed by atoms with van der Waals surface area (Å²) >= 11 is 3.36. The lowest BCUT2D eigenvalue weighted by atomic mass is 10.2. The van der Waals surface area contributed by atoms with Crippen LogP contribution in [0.5, 0.6) is 0 Å². The number of hydrogen-bond acceptors (Lipinski definition) is 4. The lowest BCUT2D eigenvalue weighted by molar-refractivity contribution is 0.101. The number of amides is 1. The van der Waals surface area contributed by atoms with Crippen LogP contribution in [-0.4, -0.2) is 16.2 Å². The Morgan fingerprint density at radius 2 is 2.31 bits per heavy atom. The van der Waals surface area contributed by atoms with Gasteiger partial charge in [-0.15, -0.1) is 0 Å². The first-order valence-corrected chi connectivity index (χ1v) is 5.31. The molecule has 0 bridgehead atoms. The van der Waals surface area contributed by atoms with Crippen LogP contribution in [0.25, 0.3) is 0 Å². The fourth-order valence-electron chi connectivity index (χ4n) is 1.17. The van der Waals surface area contributed by atoms with Crippen LogP contribution in [0.1, 0.15) is 16.1 Å². The fourth-order valence-corrected chi connectivity index (χ4v) is 1.76. The third-order valence-electron chi connectivity index (χ3n) is 1.97. The molecular weight excluding hydrogens is 274 g/mol. The molecule has 5 nitrogen and oxygen atoms in total. The predicted molar refractivity (Wildman–Crippen MR) is 61.1 cm³/mol. The number of benzene rings is 1. The van der Waals surface area contributed by atoms with Crippen LogP contribution in [0.15, 0.2) is 33.5 Å². The van der Waals surface area contributed by atoms with Gasteiger partial charge in [0, 0.05) is 4.47 Å². The van der Waals surface area contributed by atoms with Crippen LogP contribution >= 0.6 is 15.9 Å². The third-order valence-corrected chi connectivity index (χ3v) is 2.62. The van der Waals surface area contributed by atoms with Crippen molar-refractivity contribution in [1.82, 2.24) is 10.3 Å². The number of aromatic nitrogens is 2. The lowest BCUT2D eigenvalue weighted by Gasteiger charge is -2.05. The molecule has 1 aromatic carbocycles. The SMILES string of the molecule is Cc1ccc(NC(=O)c2cnon2)c(Br)c1. The van der Waals surface area contributed by atoms with Crippen LogP contribution in [0, 0.1) is 6.92 Å². The summed E-state index contributed by atoms with van der Waals surface area (Å²) in [5, 5.41) is 9.50. The Kier molecular flexibility index (Phi) is 3.00. The van der Waals surface area contributed by atoms with E-state index in [0.717, 1.165) is 10.0 Å². The molecule has 0 spiro atoms. The molecule has 0 unspecified atom stereocenters. The van der Waals surface area contributed by atoms with Gasteiger partial charge in [-0.1, -0.05) is 11.2 Å². The standard InChI is InChI=1S/C10H8BrN3O2/c1-6-2-3-8(7(11)4-6)13-10(15)9-5-12-16-14-9/h2-5H,1H3,(H,13,15). The zero-order valence-corrected chi connectivity index (χ0v) is 9.98. The Bertz CT molecular complexity index is 511. The van der Waals surface area contributed by atoms with Crippen molar-refractivity contribution in [3.63, 3.8) is 0 Å². The normalized spacial score (nSPS) is 10.1. The maximum Gasteiger partial charge on any atom is 0.279 e. The van der Waals surface area contributed by atoms with Gasteiger partial charge < -0.3 is 5.32 Å². The summed E-state index contributed by atoms with van der Waals surface area (Å²) in [6.07, 6.45) is 1.26. The first-order chi connectivity index (χ1) is 7.66. The molecule has 0 saturated heterocycles. The summed E-state index contributed by atoms with van der Waals surface area (Å²) in [6, 6.07) is 5.63. The van der Waals surface area contributed by atoms with Crippen LogP contribution < -0.4 is 5.32 Å². The van der Waals surface area contributed by atoms with Crippen molar-refractivity contribution in [3.05, 3.63) is 40.1 Å². The summed E-state index contributed by atoms with van der Waals surface area (Å²) in [5.74, 6) is -0.356. The minimum absolute atomic E-state index is 0.146. The Hall–Kier alpha value is -1.69. The highest BCUT2D eigenvalue weighted by Crippen LogP contribution is 2.23. The second kappa shape index (κ2) is 4.44. The van der Waals surface area contributed by atoms with E-state index in [0.29, 0.717) is 5.69 Å². The largest absolute Gasteiger partial charge is 0.319 e. The summed E-state index contributed by atoms with van der Waals surface area (Å²) in [4.78, 5) is 11.6. The average Bonchev–Trinajstić information content (AvgIpc) is 2.75. The van der Waals surface area contributed by atoms with E-state index in [9.17, 15) is 4.79 Å². The van der Waals surface area contributed by atoms with Crippen molar-refractivity contribution >= 4 is 27.5 Å². The van der Waals surface area contributed by atoms with Crippen molar-refractivity contribution < 1.29 is 9.42 Å². The average molecular weight is 282 g/mol. The highest BCUT2D eigenvalue weighted by molar-refractivity contribution is 9.10. The number of anilines is 1. The molecule has 2 rings (SSSR count). The number of nitrogens with zero attached hydrogens (tertiary/aromatic N) is 2. The highest BCUT2D eigenvalue weighted by atomic mass is 79.9. The number of carbonyl (C=O) groups is 1. The second-order valence-corrected chi connectivity index (χ2v) is 4.08. The molecule has 1 aromatic heterocycles. The van der Waals surface area contributed by atoms with E-state index in [2.05, 4.69) is 36.2 Å². The minimum atomic E-state index is -0.356. The van der Waals surface area contributed by atoms with E-state index in [4.69, 9.17) is 0 Å². The van der Waals surface area contributed by atoms with Gasteiger partial charge in [0.2, 0.25) is 0 Å². The van der Waals surface area contributed by atoms with Gasteiger partial charge in [0.05, 0.1) is 5.69 Å². The van der Waals surface area contributed by atoms with Gasteiger partial charge in [-0.3, -0.25) is 4.79 Å². The Balaban J connectivity index is 2.18. The molecular formula is C10H8BrN3O2. The quantitative estimate of drug-likeness (QED) is 0.918. The number of rotatable bonds is 2. The summed E-state index contributed by atoms with van der Waals surface area (Å²) in [7, 11) is 0. The van der Waals surface area contributed by atoms with Gasteiger partial charge >= 0.3 is 0 Å². The molecule has 0 aliphatic carbocycles. The van der Waals surface area contributed by atoms with Crippen molar-refractivity contribution in [1.29, 1.82) is 0 Å². The molecule has 0 fully saturated rings. The van der Waals surface area contributed by atoms with Crippen molar-refractivity contribution in [2.75, 3.05) is 5.32 Å². The second-order valence-electron chi connectivity index (χ2n) is 3.23. The number of carbonyl (C=O) groups excluding carboxylic acids is 1. The van der Waals surface area contributed by atoms with Gasteiger partial charge in [0.1, 0.15) is 6.20 Å². The topological polar surface area (TPSA) is 68.0 Å². The van der Waals surface area contributed by atoms with E-state index < -0.39 is 0 Å². The molecule has 0 aliphatic rings. The van der Waals surface area contributed by atoms with Crippen LogP contribution in [0.3, 0.4) is 0 Å². The number of nitrogens with one attached hydrogen (secondary N) is 1. The smallest absolute Gasteiger partial charge is 0.279 e. The molecule has 6 heteroatoms. The molecule has 16 heavy (non-hydrogen) atoms. The molecule has 0 saturated carbocycles. The van der Waals surface area contributed by atoms with Crippen molar-refractivity contribution in [2.45, 2.75) is 6.92 Å². The number of hydrogen-bond donors (Lipinski definition) is 1. The maximum atomic E-state index is 11.6. The van der Waals surface area contributed by atoms with E-state index in [1.165, 1.54) is 6.20 Å². The molecule has 2 aromatic rings. The Labute approximate surface area is 99.9 Å². The maximum absolute atomic E-state index is 11.6.